The van der Waals surface area contributed by atoms with Crippen LogP contribution in [-0.2, 0) is 10.2 Å². The summed E-state index contributed by atoms with van der Waals surface area (Å²) < 4.78 is 23.5. The van der Waals surface area contributed by atoms with Gasteiger partial charge in [-0.15, -0.1) is 0 Å². The molecule has 84 valence electrons. The summed E-state index contributed by atoms with van der Waals surface area (Å²) in [6.45, 7) is 5.59. The van der Waals surface area contributed by atoms with Crippen LogP contribution in [-0.4, -0.2) is 25.8 Å². The summed E-state index contributed by atoms with van der Waals surface area (Å²) in [6, 6.07) is 0. The molecule has 0 aromatic carbocycles. The van der Waals surface area contributed by atoms with E-state index >= 15 is 0 Å². The van der Waals surface area contributed by atoms with Crippen LogP contribution in [0, 0.1) is 11.8 Å². The Kier molecular flexibility index (Phi) is 3.92. The normalized spacial score (nSPS) is 23.6. The fraction of sp³-hybridized carbons (Fsp3) is 1.00. The van der Waals surface area contributed by atoms with Crippen molar-refractivity contribution in [1.29, 1.82) is 0 Å². The van der Waals surface area contributed by atoms with Crippen LogP contribution in [0.5, 0.6) is 0 Å². The molecule has 1 aliphatic heterocycles. The largest absolute Gasteiger partial charge is 0.276 e. The third-order valence-corrected chi connectivity index (χ3v) is 4.39. The Hall–Kier alpha value is -0.130. The molecule has 0 saturated carbocycles. The van der Waals surface area contributed by atoms with Gasteiger partial charge in [0.25, 0.3) is 10.2 Å². The van der Waals surface area contributed by atoms with Crippen LogP contribution in [0.3, 0.4) is 0 Å². The van der Waals surface area contributed by atoms with Crippen LogP contribution in [0.15, 0.2) is 0 Å². The maximum absolute atomic E-state index is 11.0. The van der Waals surface area contributed by atoms with Crippen LogP contribution in [0.1, 0.15) is 33.1 Å². The lowest BCUT2D eigenvalue weighted by molar-refractivity contribution is 0.213. The van der Waals surface area contributed by atoms with Crippen LogP contribution in [0.2, 0.25) is 0 Å². The van der Waals surface area contributed by atoms with Gasteiger partial charge < -0.3 is 0 Å². The first-order valence-electron chi connectivity index (χ1n) is 5.23. The Morgan fingerprint density at radius 3 is 2.29 bits per heavy atom. The number of nitrogens with two attached hydrogens (primary N) is 1. The zero-order chi connectivity index (χ0) is 10.8. The Morgan fingerprint density at radius 2 is 1.93 bits per heavy atom. The lowest BCUT2D eigenvalue weighted by atomic mass is 9.85. The molecule has 1 atom stereocenters. The number of rotatable bonds is 3. The van der Waals surface area contributed by atoms with Crippen molar-refractivity contribution in [2.45, 2.75) is 33.1 Å². The van der Waals surface area contributed by atoms with Crippen molar-refractivity contribution >= 4 is 10.2 Å². The molecule has 1 rings (SSSR count). The van der Waals surface area contributed by atoms with Gasteiger partial charge in [-0.05, 0) is 24.7 Å². The van der Waals surface area contributed by atoms with E-state index < -0.39 is 10.2 Å². The predicted molar refractivity (Wildman–Crippen MR) is 56.9 cm³/mol. The quantitative estimate of drug-likeness (QED) is 0.769. The molecule has 4 nitrogen and oxygen atoms in total. The van der Waals surface area contributed by atoms with Crippen molar-refractivity contribution in [2.24, 2.45) is 17.0 Å². The standard InChI is InChI=1S/C9H20N2O2S/c1-3-8(2)9-4-6-11(7-5-9)14(10,12)13/h8-9H,3-7H2,1-2H3,(H2,10,12,13). The van der Waals surface area contributed by atoms with E-state index in [1.165, 1.54) is 10.7 Å². The van der Waals surface area contributed by atoms with Gasteiger partial charge in [0.1, 0.15) is 0 Å². The van der Waals surface area contributed by atoms with Gasteiger partial charge in [-0.1, -0.05) is 20.3 Å². The topological polar surface area (TPSA) is 63.4 Å². The monoisotopic (exact) mass is 220 g/mol. The average Bonchev–Trinajstić information content (AvgIpc) is 2.15. The molecule has 0 aromatic rings. The van der Waals surface area contributed by atoms with Gasteiger partial charge in [0.2, 0.25) is 0 Å². The number of piperidine rings is 1. The molecule has 0 spiro atoms. The SMILES string of the molecule is CCC(C)C1CCN(S(N)(=O)=O)CC1. The third-order valence-electron chi connectivity index (χ3n) is 3.31. The molecular formula is C9H20N2O2S. The maximum atomic E-state index is 11.0. The van der Waals surface area contributed by atoms with Gasteiger partial charge in [0.05, 0.1) is 0 Å². The summed E-state index contributed by atoms with van der Waals surface area (Å²) in [7, 11) is -3.45. The lowest BCUT2D eigenvalue weighted by Gasteiger charge is -2.32. The summed E-state index contributed by atoms with van der Waals surface area (Å²) in [5.74, 6) is 1.36. The third kappa shape index (κ3) is 2.93. The second-order valence-electron chi connectivity index (χ2n) is 4.17. The van der Waals surface area contributed by atoms with E-state index in [4.69, 9.17) is 5.14 Å². The lowest BCUT2D eigenvalue weighted by Crippen LogP contribution is -2.43. The highest BCUT2D eigenvalue weighted by molar-refractivity contribution is 7.86. The van der Waals surface area contributed by atoms with Crippen LogP contribution in [0.25, 0.3) is 0 Å². The fourth-order valence-corrected chi connectivity index (χ4v) is 2.75. The molecule has 0 bridgehead atoms. The second-order valence-corrected chi connectivity index (χ2v) is 5.71. The van der Waals surface area contributed by atoms with E-state index in [0.717, 1.165) is 12.8 Å². The maximum Gasteiger partial charge on any atom is 0.276 e. The van der Waals surface area contributed by atoms with Gasteiger partial charge in [0, 0.05) is 13.1 Å². The summed E-state index contributed by atoms with van der Waals surface area (Å²) in [4.78, 5) is 0. The first-order valence-corrected chi connectivity index (χ1v) is 6.73. The van der Waals surface area contributed by atoms with Crippen molar-refractivity contribution in [3.63, 3.8) is 0 Å². The molecule has 0 aliphatic carbocycles. The van der Waals surface area contributed by atoms with Gasteiger partial charge in [-0.2, -0.15) is 12.7 Å². The highest BCUT2D eigenvalue weighted by atomic mass is 32.2. The Bertz CT molecular complexity index is 269. The van der Waals surface area contributed by atoms with E-state index in [0.29, 0.717) is 24.9 Å². The minimum Gasteiger partial charge on any atom is -0.216 e. The highest BCUT2D eigenvalue weighted by Crippen LogP contribution is 2.27. The van der Waals surface area contributed by atoms with Gasteiger partial charge in [0.15, 0.2) is 0 Å². The Labute approximate surface area is 86.6 Å². The first kappa shape index (κ1) is 11.9. The summed E-state index contributed by atoms with van der Waals surface area (Å²) >= 11 is 0. The number of hydrogen-bond donors (Lipinski definition) is 1. The molecule has 1 heterocycles. The highest BCUT2D eigenvalue weighted by Gasteiger charge is 2.27. The Balaban J connectivity index is 2.47. The first-order chi connectivity index (χ1) is 6.45. The van der Waals surface area contributed by atoms with E-state index in [-0.39, 0.29) is 0 Å². The predicted octanol–water partition coefficient (Wildman–Crippen LogP) is 0.948. The van der Waals surface area contributed by atoms with Gasteiger partial charge >= 0.3 is 0 Å². The van der Waals surface area contributed by atoms with Crippen molar-refractivity contribution in [3.05, 3.63) is 0 Å². The van der Waals surface area contributed by atoms with Gasteiger partial charge in [-0.3, -0.25) is 0 Å². The molecule has 0 radical (unpaired) electrons. The van der Waals surface area contributed by atoms with Crippen molar-refractivity contribution in [3.8, 4) is 0 Å². The summed E-state index contributed by atoms with van der Waals surface area (Å²) in [5.41, 5.74) is 0. The molecule has 0 amide bonds. The Morgan fingerprint density at radius 1 is 1.43 bits per heavy atom. The zero-order valence-corrected chi connectivity index (χ0v) is 9.76. The molecule has 1 saturated heterocycles. The molecule has 1 unspecified atom stereocenters. The molecule has 14 heavy (non-hydrogen) atoms. The van der Waals surface area contributed by atoms with E-state index in [1.54, 1.807) is 0 Å². The van der Waals surface area contributed by atoms with Crippen molar-refractivity contribution in [2.75, 3.05) is 13.1 Å². The van der Waals surface area contributed by atoms with E-state index in [2.05, 4.69) is 13.8 Å². The van der Waals surface area contributed by atoms with Crippen molar-refractivity contribution in [1.82, 2.24) is 4.31 Å². The molecule has 0 aromatic heterocycles. The second kappa shape index (κ2) is 4.59. The molecule has 1 aliphatic rings. The van der Waals surface area contributed by atoms with E-state index in [1.807, 2.05) is 0 Å². The molecule has 2 N–H and O–H groups in total. The zero-order valence-electron chi connectivity index (χ0n) is 8.94. The minimum absolute atomic E-state index is 0.591. The molecule has 1 fully saturated rings. The smallest absolute Gasteiger partial charge is 0.216 e. The minimum atomic E-state index is -3.45. The number of nitrogens with zero attached hydrogens (tertiary/aromatic N) is 1. The molecule has 5 heteroatoms. The average molecular weight is 220 g/mol. The van der Waals surface area contributed by atoms with Gasteiger partial charge in [-0.25, -0.2) is 5.14 Å². The van der Waals surface area contributed by atoms with Crippen molar-refractivity contribution < 1.29 is 8.42 Å². The molecular weight excluding hydrogens is 200 g/mol. The van der Waals surface area contributed by atoms with Crippen LogP contribution < -0.4 is 5.14 Å². The van der Waals surface area contributed by atoms with E-state index in [9.17, 15) is 8.42 Å². The summed E-state index contributed by atoms with van der Waals surface area (Å²) in [5, 5.41) is 5.06. The van der Waals surface area contributed by atoms with Crippen LogP contribution >= 0.6 is 0 Å². The fourth-order valence-electron chi connectivity index (χ4n) is 2.03. The summed E-state index contributed by atoms with van der Waals surface area (Å²) in [6.07, 6.45) is 3.07. The number of hydrogen-bond acceptors (Lipinski definition) is 2. The van der Waals surface area contributed by atoms with Crippen LogP contribution in [0.4, 0.5) is 0 Å².